The molecule has 3 rings (SSSR count). The van der Waals surface area contributed by atoms with E-state index in [-0.39, 0.29) is 5.75 Å². The van der Waals surface area contributed by atoms with E-state index in [2.05, 4.69) is 27.3 Å². The number of carbonyl (C=O) groups is 1. The molecular weight excluding hydrogens is 500 g/mol. The van der Waals surface area contributed by atoms with E-state index >= 15 is 0 Å². The highest BCUT2D eigenvalue weighted by Gasteiger charge is 2.11. The summed E-state index contributed by atoms with van der Waals surface area (Å²) >= 11 is 0. The Hall–Kier alpha value is -4.46. The number of alkyl halides is 2. The minimum Gasteiger partial charge on any atom is -0.494 e. The lowest BCUT2D eigenvalue weighted by Gasteiger charge is -2.11. The van der Waals surface area contributed by atoms with Crippen LogP contribution in [0.2, 0.25) is 0 Å². The van der Waals surface area contributed by atoms with E-state index in [0.29, 0.717) is 17.9 Å². The zero-order valence-corrected chi connectivity index (χ0v) is 22.1. The van der Waals surface area contributed by atoms with Crippen LogP contribution in [0.1, 0.15) is 37.8 Å². The minimum atomic E-state index is -2.99. The number of carbonyl (C=O) groups excluding carboxylic acids is 1. The van der Waals surface area contributed by atoms with Gasteiger partial charge < -0.3 is 20.1 Å². The van der Waals surface area contributed by atoms with Crippen molar-refractivity contribution in [2.24, 2.45) is 4.99 Å². The maximum Gasteiger partial charge on any atom is 0.387 e. The molecule has 0 bridgehead atoms. The molecular formula is C31H33F2N3O3. The molecule has 0 heterocycles. The van der Waals surface area contributed by atoms with Crippen molar-refractivity contribution in [2.75, 3.05) is 18.5 Å². The van der Waals surface area contributed by atoms with Gasteiger partial charge in [0.25, 0.3) is 0 Å². The van der Waals surface area contributed by atoms with Gasteiger partial charge in [0.15, 0.2) is 0 Å². The molecule has 0 aromatic heterocycles. The minimum absolute atomic E-state index is 0.0230. The summed E-state index contributed by atoms with van der Waals surface area (Å²) < 4.78 is 36.2. The van der Waals surface area contributed by atoms with E-state index in [1.165, 1.54) is 18.2 Å². The molecule has 0 spiro atoms. The average Bonchev–Trinajstić information content (AvgIpc) is 2.94. The van der Waals surface area contributed by atoms with E-state index < -0.39 is 12.5 Å². The van der Waals surface area contributed by atoms with Crippen LogP contribution in [0.4, 0.5) is 14.5 Å². The van der Waals surface area contributed by atoms with Crippen molar-refractivity contribution in [3.05, 3.63) is 90.1 Å². The molecule has 39 heavy (non-hydrogen) atoms. The molecule has 3 aromatic rings. The van der Waals surface area contributed by atoms with Crippen molar-refractivity contribution in [2.45, 2.75) is 33.3 Å². The van der Waals surface area contributed by atoms with Gasteiger partial charge in [-0.25, -0.2) is 0 Å². The van der Waals surface area contributed by atoms with Crippen LogP contribution in [-0.2, 0) is 4.79 Å². The Bertz CT molecular complexity index is 1270. The Morgan fingerprint density at radius 2 is 1.69 bits per heavy atom. The van der Waals surface area contributed by atoms with E-state index in [9.17, 15) is 13.6 Å². The fourth-order valence-electron chi connectivity index (χ4n) is 3.49. The van der Waals surface area contributed by atoms with Gasteiger partial charge >= 0.3 is 6.61 Å². The Balaban J connectivity index is 1.67. The number of hydrogen-bond donors (Lipinski definition) is 2. The molecule has 6 nitrogen and oxygen atoms in total. The number of halogens is 2. The van der Waals surface area contributed by atoms with Gasteiger partial charge in [0.05, 0.1) is 12.9 Å². The van der Waals surface area contributed by atoms with Crippen LogP contribution in [0.5, 0.6) is 11.5 Å². The van der Waals surface area contributed by atoms with Crippen molar-refractivity contribution in [3.8, 4) is 22.6 Å². The molecule has 0 aliphatic carbocycles. The lowest BCUT2D eigenvalue weighted by atomic mass is 10.0. The standard InChI is InChI=1S/C31H33F2N3O3/c1-3-18-34-22-35-19-17-23-5-11-27(12-6-23)36-30(37)16-10-26-21-25(9-15-29(26)39-31(32)33)24-7-13-28(14-8-24)38-20-4-2/h5-17,19,21-22,31H,3-4,18,20H2,1-2H3,(H,34,35)(H,36,37)/b16-10+,19-17+. The van der Waals surface area contributed by atoms with Crippen LogP contribution >= 0.6 is 0 Å². The van der Waals surface area contributed by atoms with Gasteiger partial charge in [0.1, 0.15) is 11.5 Å². The van der Waals surface area contributed by atoms with Crippen LogP contribution in [0.25, 0.3) is 23.3 Å². The summed E-state index contributed by atoms with van der Waals surface area (Å²) in [7, 11) is 0. The second-order valence-corrected chi connectivity index (χ2v) is 8.48. The summed E-state index contributed by atoms with van der Waals surface area (Å²) in [6.45, 7) is 2.51. The van der Waals surface area contributed by atoms with Crippen LogP contribution in [0.15, 0.2) is 84.0 Å². The highest BCUT2D eigenvalue weighted by Crippen LogP contribution is 2.30. The van der Waals surface area contributed by atoms with Crippen LogP contribution in [0, 0.1) is 0 Å². The largest absolute Gasteiger partial charge is 0.494 e. The van der Waals surface area contributed by atoms with Crippen molar-refractivity contribution in [1.29, 1.82) is 0 Å². The lowest BCUT2D eigenvalue weighted by Crippen LogP contribution is -2.08. The maximum atomic E-state index is 13.0. The third-order valence-corrected chi connectivity index (χ3v) is 5.37. The number of nitrogens with one attached hydrogen (secondary N) is 2. The zero-order valence-electron chi connectivity index (χ0n) is 22.1. The molecule has 0 saturated heterocycles. The number of nitrogens with zero attached hydrogens (tertiary/aromatic N) is 1. The fourth-order valence-corrected chi connectivity index (χ4v) is 3.49. The lowest BCUT2D eigenvalue weighted by molar-refractivity contribution is -0.111. The first-order chi connectivity index (χ1) is 19.0. The number of rotatable bonds is 14. The molecule has 0 aliphatic heterocycles. The summed E-state index contributed by atoms with van der Waals surface area (Å²) in [6, 6.07) is 19.6. The van der Waals surface area contributed by atoms with E-state index in [0.717, 1.165) is 41.8 Å². The van der Waals surface area contributed by atoms with Gasteiger partial charge in [-0.2, -0.15) is 8.78 Å². The fraction of sp³-hybridized carbons (Fsp3) is 0.226. The van der Waals surface area contributed by atoms with Crippen molar-refractivity contribution < 1.29 is 23.0 Å². The average molecular weight is 534 g/mol. The summed E-state index contributed by atoms with van der Waals surface area (Å²) in [5.74, 6) is 0.329. The highest BCUT2D eigenvalue weighted by atomic mass is 19.3. The van der Waals surface area contributed by atoms with Crippen molar-refractivity contribution in [1.82, 2.24) is 5.32 Å². The number of anilines is 1. The molecule has 0 radical (unpaired) electrons. The first kappa shape index (κ1) is 29.1. The first-order valence-corrected chi connectivity index (χ1v) is 12.8. The predicted octanol–water partition coefficient (Wildman–Crippen LogP) is 7.39. The third-order valence-electron chi connectivity index (χ3n) is 5.37. The molecule has 3 aromatic carbocycles. The van der Waals surface area contributed by atoms with Crippen LogP contribution in [0.3, 0.4) is 0 Å². The van der Waals surface area contributed by atoms with Crippen molar-refractivity contribution >= 4 is 30.1 Å². The SMILES string of the molecule is CCCN=CN/C=C/c1ccc(NC(=O)/C=C/c2cc(-c3ccc(OCCC)cc3)ccc2OC(F)F)cc1. The summed E-state index contributed by atoms with van der Waals surface area (Å²) in [5, 5.41) is 5.74. The summed E-state index contributed by atoms with van der Waals surface area (Å²) in [4.78, 5) is 16.7. The molecule has 0 atom stereocenters. The van der Waals surface area contributed by atoms with Gasteiger partial charge in [0, 0.05) is 30.1 Å². The molecule has 0 saturated carbocycles. The van der Waals surface area contributed by atoms with Crippen LogP contribution < -0.4 is 20.1 Å². The second kappa shape index (κ2) is 15.7. The monoisotopic (exact) mass is 533 g/mol. The van der Waals surface area contributed by atoms with Gasteiger partial charge in [-0.1, -0.05) is 44.2 Å². The quantitative estimate of drug-likeness (QED) is 0.129. The molecule has 0 unspecified atom stereocenters. The Kier molecular flexibility index (Phi) is 11.7. The zero-order chi connectivity index (χ0) is 27.9. The highest BCUT2D eigenvalue weighted by molar-refractivity contribution is 6.02. The van der Waals surface area contributed by atoms with E-state index in [1.54, 1.807) is 36.8 Å². The Morgan fingerprint density at radius 1 is 0.949 bits per heavy atom. The summed E-state index contributed by atoms with van der Waals surface area (Å²) in [5.41, 5.74) is 3.55. The first-order valence-electron chi connectivity index (χ1n) is 12.8. The van der Waals surface area contributed by atoms with Gasteiger partial charge in [0.2, 0.25) is 5.91 Å². The van der Waals surface area contributed by atoms with Crippen LogP contribution in [-0.4, -0.2) is 32.0 Å². The second-order valence-electron chi connectivity index (χ2n) is 8.48. The molecule has 0 fully saturated rings. The Morgan fingerprint density at radius 3 is 2.38 bits per heavy atom. The van der Waals surface area contributed by atoms with Gasteiger partial charge in [-0.3, -0.25) is 9.79 Å². The molecule has 204 valence electrons. The van der Waals surface area contributed by atoms with Gasteiger partial charge in [-0.15, -0.1) is 0 Å². The van der Waals surface area contributed by atoms with Gasteiger partial charge in [-0.05, 0) is 78.1 Å². The van der Waals surface area contributed by atoms with Crippen molar-refractivity contribution in [3.63, 3.8) is 0 Å². The van der Waals surface area contributed by atoms with E-state index in [4.69, 9.17) is 4.74 Å². The number of amides is 1. The number of benzene rings is 3. The normalized spacial score (nSPS) is 11.5. The maximum absolute atomic E-state index is 13.0. The molecule has 0 aliphatic rings. The molecule has 2 N–H and O–H groups in total. The molecule has 1 amide bonds. The summed E-state index contributed by atoms with van der Waals surface area (Å²) in [6.07, 6.45) is 9.94. The third kappa shape index (κ3) is 10.1. The molecule has 8 heteroatoms. The number of ether oxygens (including phenoxy) is 2. The topological polar surface area (TPSA) is 72.0 Å². The number of hydrogen-bond acceptors (Lipinski definition) is 4. The predicted molar refractivity (Wildman–Crippen MR) is 154 cm³/mol. The Labute approximate surface area is 228 Å². The number of aliphatic imine (C=N–C) groups is 1. The smallest absolute Gasteiger partial charge is 0.387 e. The van der Waals surface area contributed by atoms with E-state index in [1.807, 2.05) is 49.4 Å².